The first-order chi connectivity index (χ1) is 8.16. The van der Waals surface area contributed by atoms with Gasteiger partial charge >= 0.3 is 0 Å². The van der Waals surface area contributed by atoms with Gasteiger partial charge in [0.15, 0.2) is 0 Å². The third-order valence-electron chi connectivity index (χ3n) is 3.03. The molecule has 1 amide bonds. The third-order valence-corrected chi connectivity index (χ3v) is 4.37. The first kappa shape index (κ1) is 12.9. The van der Waals surface area contributed by atoms with Crippen molar-refractivity contribution in [1.82, 2.24) is 10.2 Å². The zero-order chi connectivity index (χ0) is 12.3. The number of hydrogen-bond acceptors (Lipinski definition) is 3. The predicted molar refractivity (Wildman–Crippen MR) is 71.7 cm³/mol. The zero-order valence-corrected chi connectivity index (χ0v) is 11.5. The molecule has 2 heterocycles. The number of nitrogens with one attached hydrogen (secondary N) is 1. The van der Waals surface area contributed by atoms with Crippen molar-refractivity contribution < 1.29 is 4.79 Å². The van der Waals surface area contributed by atoms with Crippen molar-refractivity contribution in [1.29, 1.82) is 0 Å². The third kappa shape index (κ3) is 3.44. The average Bonchev–Trinajstić information content (AvgIpc) is 2.73. The Bertz CT molecular complexity index is 394. The molecule has 94 valence electrons. The largest absolute Gasteiger partial charge is 0.337 e. The molecule has 0 spiro atoms. The minimum Gasteiger partial charge on any atom is -0.337 e. The molecular weight excluding hydrogens is 256 g/mol. The van der Waals surface area contributed by atoms with E-state index in [1.165, 1.54) is 4.88 Å². The van der Waals surface area contributed by atoms with Gasteiger partial charge in [0.25, 0.3) is 0 Å². The van der Waals surface area contributed by atoms with Gasteiger partial charge in [-0.2, -0.15) is 0 Å². The molecule has 0 unspecified atom stereocenters. The lowest BCUT2D eigenvalue weighted by Gasteiger charge is -2.34. The summed E-state index contributed by atoms with van der Waals surface area (Å²) in [5.41, 5.74) is 0. The standard InChI is InChI=1S/C12H17ClN2OS/c1-9-7-14-4-5-15(9)12(16)3-2-11-6-10(13)8-17-11/h6,8-9,14H,2-5,7H2,1H3/t9-/m0/s1. The summed E-state index contributed by atoms with van der Waals surface area (Å²) in [6.45, 7) is 4.72. The maximum Gasteiger partial charge on any atom is 0.223 e. The van der Waals surface area contributed by atoms with Crippen LogP contribution in [0.4, 0.5) is 0 Å². The second-order valence-electron chi connectivity index (χ2n) is 4.37. The van der Waals surface area contributed by atoms with Gasteiger partial charge in [-0.05, 0) is 19.4 Å². The van der Waals surface area contributed by atoms with Crippen LogP contribution in [-0.2, 0) is 11.2 Å². The van der Waals surface area contributed by atoms with Crippen LogP contribution in [0.5, 0.6) is 0 Å². The van der Waals surface area contributed by atoms with Crippen molar-refractivity contribution in [2.45, 2.75) is 25.8 Å². The van der Waals surface area contributed by atoms with Gasteiger partial charge in [0.1, 0.15) is 0 Å². The summed E-state index contributed by atoms with van der Waals surface area (Å²) < 4.78 is 0. The van der Waals surface area contributed by atoms with Gasteiger partial charge in [-0.25, -0.2) is 0 Å². The monoisotopic (exact) mass is 272 g/mol. The molecule has 0 aliphatic carbocycles. The van der Waals surface area contributed by atoms with Crippen LogP contribution >= 0.6 is 22.9 Å². The van der Waals surface area contributed by atoms with Crippen LogP contribution in [0.1, 0.15) is 18.2 Å². The number of aryl methyl sites for hydroxylation is 1. The van der Waals surface area contributed by atoms with Crippen molar-refractivity contribution in [2.24, 2.45) is 0 Å². The number of halogens is 1. The highest BCUT2D eigenvalue weighted by molar-refractivity contribution is 7.10. The number of hydrogen-bond donors (Lipinski definition) is 1. The van der Waals surface area contributed by atoms with E-state index in [0.29, 0.717) is 12.5 Å². The van der Waals surface area contributed by atoms with E-state index >= 15 is 0 Å². The fraction of sp³-hybridized carbons (Fsp3) is 0.583. The van der Waals surface area contributed by atoms with E-state index in [1.54, 1.807) is 11.3 Å². The Labute approximate surface area is 111 Å². The Hall–Kier alpha value is -0.580. The maximum atomic E-state index is 12.1. The number of amides is 1. The van der Waals surface area contributed by atoms with Gasteiger partial charge in [-0.1, -0.05) is 11.6 Å². The van der Waals surface area contributed by atoms with Crippen molar-refractivity contribution in [2.75, 3.05) is 19.6 Å². The normalized spacial score (nSPS) is 20.6. The Morgan fingerprint density at radius 2 is 2.53 bits per heavy atom. The molecule has 1 aromatic heterocycles. The summed E-state index contributed by atoms with van der Waals surface area (Å²) >= 11 is 7.48. The van der Waals surface area contributed by atoms with Crippen molar-refractivity contribution >= 4 is 28.8 Å². The van der Waals surface area contributed by atoms with Gasteiger partial charge in [-0.3, -0.25) is 4.79 Å². The molecule has 1 fully saturated rings. The highest BCUT2D eigenvalue weighted by Crippen LogP contribution is 2.20. The van der Waals surface area contributed by atoms with E-state index in [0.717, 1.165) is 31.1 Å². The number of piperazine rings is 1. The molecule has 1 aromatic rings. The summed E-state index contributed by atoms with van der Waals surface area (Å²) in [4.78, 5) is 15.2. The summed E-state index contributed by atoms with van der Waals surface area (Å²) in [6, 6.07) is 2.25. The molecule has 0 saturated carbocycles. The fourth-order valence-electron chi connectivity index (χ4n) is 2.07. The van der Waals surface area contributed by atoms with Crippen LogP contribution in [-0.4, -0.2) is 36.5 Å². The number of carbonyl (C=O) groups excluding carboxylic acids is 1. The Morgan fingerprint density at radius 3 is 3.18 bits per heavy atom. The van der Waals surface area contributed by atoms with Crippen LogP contribution in [0.15, 0.2) is 11.4 Å². The number of nitrogens with zero attached hydrogens (tertiary/aromatic N) is 1. The van der Waals surface area contributed by atoms with Crippen LogP contribution in [0.25, 0.3) is 0 Å². The summed E-state index contributed by atoms with van der Waals surface area (Å²) in [6.07, 6.45) is 1.38. The minimum atomic E-state index is 0.253. The second kappa shape index (κ2) is 5.85. The summed E-state index contributed by atoms with van der Waals surface area (Å²) in [5, 5.41) is 5.97. The van der Waals surface area contributed by atoms with E-state index in [1.807, 2.05) is 16.3 Å². The quantitative estimate of drug-likeness (QED) is 0.915. The van der Waals surface area contributed by atoms with E-state index in [2.05, 4.69) is 12.2 Å². The Kier molecular flexibility index (Phi) is 4.42. The molecule has 5 heteroatoms. The van der Waals surface area contributed by atoms with E-state index < -0.39 is 0 Å². The van der Waals surface area contributed by atoms with E-state index in [-0.39, 0.29) is 5.91 Å². The van der Waals surface area contributed by atoms with Gasteiger partial charge in [0.2, 0.25) is 5.91 Å². The zero-order valence-electron chi connectivity index (χ0n) is 9.91. The van der Waals surface area contributed by atoms with Gasteiger partial charge in [-0.15, -0.1) is 11.3 Å². The molecule has 0 radical (unpaired) electrons. The molecule has 0 aromatic carbocycles. The number of rotatable bonds is 3. The first-order valence-corrected chi connectivity index (χ1v) is 7.15. The predicted octanol–water partition coefficient (Wildman–Crippen LogP) is 2.15. The number of carbonyl (C=O) groups is 1. The van der Waals surface area contributed by atoms with Crippen LogP contribution in [0, 0.1) is 0 Å². The average molecular weight is 273 g/mol. The molecular formula is C12H17ClN2OS. The van der Waals surface area contributed by atoms with E-state index in [4.69, 9.17) is 11.6 Å². The smallest absolute Gasteiger partial charge is 0.223 e. The van der Waals surface area contributed by atoms with Gasteiger partial charge in [0, 0.05) is 42.4 Å². The van der Waals surface area contributed by atoms with Crippen molar-refractivity contribution in [3.63, 3.8) is 0 Å². The Morgan fingerprint density at radius 1 is 1.71 bits per heavy atom. The van der Waals surface area contributed by atoms with E-state index in [9.17, 15) is 4.79 Å². The first-order valence-electron chi connectivity index (χ1n) is 5.90. The SMILES string of the molecule is C[C@H]1CNCCN1C(=O)CCc1cc(Cl)cs1. The molecule has 1 aliphatic rings. The molecule has 3 nitrogen and oxygen atoms in total. The summed E-state index contributed by atoms with van der Waals surface area (Å²) in [5.74, 6) is 0.253. The maximum absolute atomic E-state index is 12.1. The molecule has 1 saturated heterocycles. The van der Waals surface area contributed by atoms with Crippen LogP contribution in [0.3, 0.4) is 0 Å². The van der Waals surface area contributed by atoms with Crippen LogP contribution in [0.2, 0.25) is 5.02 Å². The topological polar surface area (TPSA) is 32.3 Å². The second-order valence-corrected chi connectivity index (χ2v) is 5.80. The van der Waals surface area contributed by atoms with Crippen LogP contribution < -0.4 is 5.32 Å². The number of thiophene rings is 1. The molecule has 0 bridgehead atoms. The molecule has 2 rings (SSSR count). The highest BCUT2D eigenvalue weighted by atomic mass is 35.5. The molecule has 1 aliphatic heterocycles. The van der Waals surface area contributed by atoms with Crippen molar-refractivity contribution in [3.8, 4) is 0 Å². The summed E-state index contributed by atoms with van der Waals surface area (Å²) in [7, 11) is 0. The van der Waals surface area contributed by atoms with Crippen molar-refractivity contribution in [3.05, 3.63) is 21.3 Å². The molecule has 1 N–H and O–H groups in total. The van der Waals surface area contributed by atoms with Gasteiger partial charge in [0.05, 0.1) is 5.02 Å². The minimum absolute atomic E-state index is 0.253. The highest BCUT2D eigenvalue weighted by Gasteiger charge is 2.22. The molecule has 17 heavy (non-hydrogen) atoms. The lowest BCUT2D eigenvalue weighted by atomic mass is 10.1. The van der Waals surface area contributed by atoms with Gasteiger partial charge < -0.3 is 10.2 Å². The lowest BCUT2D eigenvalue weighted by molar-refractivity contribution is -0.133. The fourth-order valence-corrected chi connectivity index (χ4v) is 3.15. The Balaban J connectivity index is 1.84. The molecule has 1 atom stereocenters. The lowest BCUT2D eigenvalue weighted by Crippen LogP contribution is -2.52.